The normalized spacial score (nSPS) is 18.3. The van der Waals surface area contributed by atoms with E-state index in [1.807, 2.05) is 13.8 Å². The molecule has 0 saturated carbocycles. The molecule has 7 heteroatoms. The zero-order valence-electron chi connectivity index (χ0n) is 17.9. The number of Topliss-reactive ketones (excluding diaryl/α,β-unsaturated/α-hetero) is 1. The highest BCUT2D eigenvalue weighted by atomic mass is 35.5. The van der Waals surface area contributed by atoms with Crippen molar-refractivity contribution in [1.29, 1.82) is 0 Å². The average molecular weight is 445 g/mol. The van der Waals surface area contributed by atoms with E-state index in [0.29, 0.717) is 34.8 Å². The summed E-state index contributed by atoms with van der Waals surface area (Å²) in [6.07, 6.45) is 0. The van der Waals surface area contributed by atoms with Gasteiger partial charge in [-0.25, -0.2) is 4.39 Å². The van der Waals surface area contributed by atoms with E-state index in [4.69, 9.17) is 11.6 Å². The predicted octanol–water partition coefficient (Wildman–Crippen LogP) is 4.55. The van der Waals surface area contributed by atoms with Gasteiger partial charge in [-0.3, -0.25) is 9.59 Å². The zero-order chi connectivity index (χ0) is 22.7. The van der Waals surface area contributed by atoms with E-state index >= 15 is 0 Å². The van der Waals surface area contributed by atoms with Crippen molar-refractivity contribution < 1.29 is 19.1 Å². The second kappa shape index (κ2) is 9.62. The fourth-order valence-corrected chi connectivity index (χ4v) is 3.96. The van der Waals surface area contributed by atoms with Crippen molar-refractivity contribution >= 4 is 29.1 Å². The van der Waals surface area contributed by atoms with E-state index < -0.39 is 23.5 Å². The molecule has 0 spiro atoms. The Labute approximate surface area is 186 Å². The first-order valence-corrected chi connectivity index (χ1v) is 10.7. The molecule has 2 aromatic carbocycles. The van der Waals surface area contributed by atoms with Crippen LogP contribution in [0.1, 0.15) is 36.6 Å². The number of aliphatic hydroxyl groups is 1. The fraction of sp³-hybridized carbons (Fsp3) is 0.333. The maximum atomic E-state index is 13.7. The molecule has 1 heterocycles. The number of likely N-dealkylation sites (N-methyl/N-ethyl adjacent to an activating group) is 1. The van der Waals surface area contributed by atoms with Gasteiger partial charge in [0.25, 0.3) is 11.7 Å². The number of carbonyl (C=O) groups excluding carboxylic acids is 2. The molecule has 1 aliphatic rings. The van der Waals surface area contributed by atoms with Crippen LogP contribution in [0.4, 0.5) is 4.39 Å². The first-order chi connectivity index (χ1) is 14.8. The minimum Gasteiger partial charge on any atom is -0.507 e. The number of nitrogens with zero attached hydrogens (tertiary/aromatic N) is 2. The number of hydrogen-bond donors (Lipinski definition) is 1. The fourth-order valence-electron chi connectivity index (χ4n) is 3.84. The molecule has 5 nitrogen and oxygen atoms in total. The van der Waals surface area contributed by atoms with Gasteiger partial charge in [0.05, 0.1) is 11.6 Å². The third kappa shape index (κ3) is 4.65. The van der Waals surface area contributed by atoms with E-state index in [1.54, 1.807) is 31.2 Å². The second-order valence-corrected chi connectivity index (χ2v) is 7.97. The number of rotatable bonds is 7. The molecule has 1 aliphatic heterocycles. The van der Waals surface area contributed by atoms with Crippen molar-refractivity contribution in [2.45, 2.75) is 26.8 Å². The van der Waals surface area contributed by atoms with Crippen molar-refractivity contribution in [3.8, 4) is 0 Å². The summed E-state index contributed by atoms with van der Waals surface area (Å²) in [4.78, 5) is 29.6. The molecule has 3 rings (SSSR count). The summed E-state index contributed by atoms with van der Waals surface area (Å²) in [6, 6.07) is 10.2. The van der Waals surface area contributed by atoms with E-state index in [2.05, 4.69) is 4.90 Å². The topological polar surface area (TPSA) is 60.9 Å². The van der Waals surface area contributed by atoms with Gasteiger partial charge in [0.1, 0.15) is 11.6 Å². The Morgan fingerprint density at radius 1 is 1.13 bits per heavy atom. The molecule has 0 radical (unpaired) electrons. The van der Waals surface area contributed by atoms with Gasteiger partial charge in [-0.1, -0.05) is 37.6 Å². The molecule has 0 bridgehead atoms. The van der Waals surface area contributed by atoms with Gasteiger partial charge in [-0.15, -0.1) is 0 Å². The Morgan fingerprint density at radius 3 is 2.35 bits per heavy atom. The summed E-state index contributed by atoms with van der Waals surface area (Å²) in [7, 11) is 0. The summed E-state index contributed by atoms with van der Waals surface area (Å²) in [5.74, 6) is -2.14. The monoisotopic (exact) mass is 444 g/mol. The Kier molecular flexibility index (Phi) is 7.13. The number of aliphatic hydroxyl groups excluding tert-OH is 1. The van der Waals surface area contributed by atoms with Gasteiger partial charge >= 0.3 is 0 Å². The lowest BCUT2D eigenvalue weighted by Gasteiger charge is -2.28. The van der Waals surface area contributed by atoms with Gasteiger partial charge in [-0.2, -0.15) is 0 Å². The molecule has 1 fully saturated rings. The molecule has 164 valence electrons. The van der Waals surface area contributed by atoms with E-state index in [0.717, 1.165) is 13.1 Å². The summed E-state index contributed by atoms with van der Waals surface area (Å²) in [6.45, 7) is 8.21. The van der Waals surface area contributed by atoms with Crippen LogP contribution < -0.4 is 0 Å². The number of carbonyl (C=O) groups is 2. The lowest BCUT2D eigenvalue weighted by molar-refractivity contribution is -0.140. The summed E-state index contributed by atoms with van der Waals surface area (Å²) >= 11 is 6.03. The van der Waals surface area contributed by atoms with Gasteiger partial charge in [0.2, 0.25) is 0 Å². The largest absolute Gasteiger partial charge is 0.507 e. The van der Waals surface area contributed by atoms with Crippen molar-refractivity contribution in [1.82, 2.24) is 9.80 Å². The lowest BCUT2D eigenvalue weighted by Crippen LogP contribution is -2.38. The van der Waals surface area contributed by atoms with Gasteiger partial charge in [0.15, 0.2) is 0 Å². The van der Waals surface area contributed by atoms with Crippen LogP contribution in [0, 0.1) is 12.7 Å². The van der Waals surface area contributed by atoms with E-state index in [9.17, 15) is 19.1 Å². The average Bonchev–Trinajstić information content (AvgIpc) is 3.01. The minimum atomic E-state index is -0.752. The molecular formula is C24H26ClFN2O3. The van der Waals surface area contributed by atoms with E-state index in [-0.39, 0.29) is 11.3 Å². The summed E-state index contributed by atoms with van der Waals surface area (Å²) in [5, 5.41) is 11.5. The number of hydrogen-bond acceptors (Lipinski definition) is 4. The molecule has 1 atom stereocenters. The molecule has 2 aromatic rings. The highest BCUT2D eigenvalue weighted by Crippen LogP contribution is 2.39. The van der Waals surface area contributed by atoms with E-state index in [1.165, 1.54) is 23.1 Å². The second-order valence-electron chi connectivity index (χ2n) is 7.53. The van der Waals surface area contributed by atoms with Crippen molar-refractivity contribution in [2.75, 3.05) is 26.2 Å². The molecule has 1 saturated heterocycles. The number of aryl methyl sites for hydroxylation is 1. The van der Waals surface area contributed by atoms with Crippen LogP contribution >= 0.6 is 11.6 Å². The quantitative estimate of drug-likeness (QED) is 0.386. The van der Waals surface area contributed by atoms with Crippen LogP contribution in [0.25, 0.3) is 5.76 Å². The Morgan fingerprint density at radius 2 is 1.77 bits per heavy atom. The molecular weight excluding hydrogens is 419 g/mol. The third-order valence-corrected chi connectivity index (χ3v) is 5.96. The number of benzene rings is 2. The van der Waals surface area contributed by atoms with Gasteiger partial charge < -0.3 is 14.9 Å². The van der Waals surface area contributed by atoms with Crippen molar-refractivity contribution in [3.05, 3.63) is 75.6 Å². The molecule has 1 amide bonds. The smallest absolute Gasteiger partial charge is 0.295 e. The maximum absolute atomic E-state index is 13.7. The standard InChI is InChI=1S/C24H26ClFN2O3/c1-4-27(5-2)12-13-28-21(16-6-9-18(25)10-7-16)20(23(30)24(28)31)22(29)17-8-11-19(26)15(3)14-17/h6-11,14,21,29H,4-5,12-13H2,1-3H3/b22-20-. The Hall–Kier alpha value is -2.70. The summed E-state index contributed by atoms with van der Waals surface area (Å²) < 4.78 is 13.7. The van der Waals surface area contributed by atoms with Crippen LogP contribution in [-0.4, -0.2) is 52.8 Å². The van der Waals surface area contributed by atoms with Crippen molar-refractivity contribution in [3.63, 3.8) is 0 Å². The first kappa shape index (κ1) is 23.0. The number of likely N-dealkylation sites (tertiary alicyclic amines) is 1. The van der Waals surface area contributed by atoms with Crippen LogP contribution in [-0.2, 0) is 9.59 Å². The van der Waals surface area contributed by atoms with Crippen molar-refractivity contribution in [2.24, 2.45) is 0 Å². The first-order valence-electron chi connectivity index (χ1n) is 10.3. The highest BCUT2D eigenvalue weighted by molar-refractivity contribution is 6.46. The molecule has 1 unspecified atom stereocenters. The Balaban J connectivity index is 2.11. The summed E-state index contributed by atoms with van der Waals surface area (Å²) in [5.41, 5.74) is 1.30. The lowest BCUT2D eigenvalue weighted by atomic mass is 9.95. The number of halogens is 2. The molecule has 0 aromatic heterocycles. The predicted molar refractivity (Wildman–Crippen MR) is 119 cm³/mol. The Bertz CT molecular complexity index is 1020. The maximum Gasteiger partial charge on any atom is 0.295 e. The van der Waals surface area contributed by atoms with Gasteiger partial charge in [-0.05, 0) is 61.5 Å². The molecule has 31 heavy (non-hydrogen) atoms. The zero-order valence-corrected chi connectivity index (χ0v) is 18.6. The van der Waals surface area contributed by atoms with Crippen LogP contribution in [0.2, 0.25) is 5.02 Å². The molecule has 1 N–H and O–H groups in total. The van der Waals surface area contributed by atoms with Crippen LogP contribution in [0.3, 0.4) is 0 Å². The van der Waals surface area contributed by atoms with Gasteiger partial charge in [0, 0.05) is 23.7 Å². The van der Waals surface area contributed by atoms with Crippen LogP contribution in [0.5, 0.6) is 0 Å². The SMILES string of the molecule is CCN(CC)CCN1C(=O)C(=O)/C(=C(\O)c2ccc(F)c(C)c2)C1c1ccc(Cl)cc1. The minimum absolute atomic E-state index is 0.00197. The van der Waals surface area contributed by atoms with Crippen LogP contribution in [0.15, 0.2) is 48.0 Å². The number of ketones is 1. The third-order valence-electron chi connectivity index (χ3n) is 5.71. The molecule has 0 aliphatic carbocycles. The highest BCUT2D eigenvalue weighted by Gasteiger charge is 2.45. The number of amides is 1.